The van der Waals surface area contributed by atoms with Crippen molar-refractivity contribution in [2.24, 2.45) is 0 Å². The Hall–Kier alpha value is -2.38. The topological polar surface area (TPSA) is 52.7 Å². The zero-order valence-electron chi connectivity index (χ0n) is 15.9. The molecule has 5 nitrogen and oxygen atoms in total. The number of amides is 2. The van der Waals surface area contributed by atoms with Gasteiger partial charge in [0.05, 0.1) is 6.54 Å². The first-order chi connectivity index (χ1) is 13.5. The maximum absolute atomic E-state index is 13.2. The summed E-state index contributed by atoms with van der Waals surface area (Å²) in [5.41, 5.74) is 2.30. The summed E-state index contributed by atoms with van der Waals surface area (Å²) in [5.74, 6) is 0.350. The van der Waals surface area contributed by atoms with Gasteiger partial charge in [0.25, 0.3) is 5.91 Å². The van der Waals surface area contributed by atoms with Crippen LogP contribution in [0.5, 0.6) is 0 Å². The number of anilines is 1. The summed E-state index contributed by atoms with van der Waals surface area (Å²) in [6.07, 6.45) is 2.04. The van der Waals surface area contributed by atoms with Gasteiger partial charge in [0.1, 0.15) is 5.82 Å². The molecule has 148 valence electrons. The first-order valence-corrected chi connectivity index (χ1v) is 10.6. The molecular formula is C21H24FN3O2S. The Bertz CT molecular complexity index is 838. The van der Waals surface area contributed by atoms with E-state index in [1.165, 1.54) is 12.1 Å². The van der Waals surface area contributed by atoms with Gasteiger partial charge in [-0.1, -0.05) is 18.2 Å². The van der Waals surface area contributed by atoms with E-state index >= 15 is 0 Å². The number of carbonyl (C=O) groups is 2. The number of carbonyl (C=O) groups excluding carboxylic acids is 2. The van der Waals surface area contributed by atoms with E-state index in [-0.39, 0.29) is 24.2 Å². The van der Waals surface area contributed by atoms with E-state index in [1.807, 2.05) is 40.3 Å². The van der Waals surface area contributed by atoms with Crippen molar-refractivity contribution in [2.75, 3.05) is 44.3 Å². The predicted octanol–water partition coefficient (Wildman–Crippen LogP) is 3.09. The minimum atomic E-state index is -0.383. The van der Waals surface area contributed by atoms with Crippen LogP contribution in [0.3, 0.4) is 0 Å². The first-order valence-electron chi connectivity index (χ1n) is 9.20. The summed E-state index contributed by atoms with van der Waals surface area (Å²) in [5, 5.41) is 2.70. The molecule has 0 spiro atoms. The molecule has 2 aromatic carbocycles. The van der Waals surface area contributed by atoms with Gasteiger partial charge < -0.3 is 10.2 Å². The maximum Gasteiger partial charge on any atom is 0.253 e. The van der Waals surface area contributed by atoms with Crippen molar-refractivity contribution in [3.8, 4) is 0 Å². The Balaban J connectivity index is 1.49. The molecule has 0 aliphatic carbocycles. The van der Waals surface area contributed by atoms with Gasteiger partial charge in [-0.05, 0) is 42.2 Å². The second-order valence-corrected chi connectivity index (χ2v) is 7.63. The molecule has 2 aromatic rings. The Labute approximate surface area is 168 Å². The van der Waals surface area contributed by atoms with Crippen LogP contribution in [0.2, 0.25) is 0 Å². The Morgan fingerprint density at radius 1 is 1.07 bits per heavy atom. The highest BCUT2D eigenvalue weighted by Gasteiger charge is 2.23. The minimum Gasteiger partial charge on any atom is -0.336 e. The predicted molar refractivity (Wildman–Crippen MR) is 111 cm³/mol. The van der Waals surface area contributed by atoms with Crippen molar-refractivity contribution < 1.29 is 14.0 Å². The molecule has 1 aliphatic rings. The zero-order chi connectivity index (χ0) is 19.9. The second kappa shape index (κ2) is 9.71. The van der Waals surface area contributed by atoms with E-state index in [4.69, 9.17) is 0 Å². The van der Waals surface area contributed by atoms with Crippen LogP contribution in [-0.2, 0) is 10.5 Å². The molecule has 2 amide bonds. The lowest BCUT2D eigenvalue weighted by molar-refractivity contribution is -0.117. The first kappa shape index (κ1) is 20.4. The van der Waals surface area contributed by atoms with Gasteiger partial charge in [0.15, 0.2) is 0 Å². The number of benzene rings is 2. The summed E-state index contributed by atoms with van der Waals surface area (Å²) in [7, 11) is 0. The highest BCUT2D eigenvalue weighted by Crippen LogP contribution is 2.15. The highest BCUT2D eigenvalue weighted by atomic mass is 32.2. The van der Waals surface area contributed by atoms with E-state index in [1.54, 1.807) is 23.9 Å². The van der Waals surface area contributed by atoms with Crippen molar-refractivity contribution in [1.29, 1.82) is 0 Å². The lowest BCUT2D eigenvalue weighted by Gasteiger charge is -2.34. The van der Waals surface area contributed by atoms with E-state index in [0.717, 1.165) is 11.3 Å². The molecule has 28 heavy (non-hydrogen) atoms. The molecule has 0 bridgehead atoms. The van der Waals surface area contributed by atoms with Gasteiger partial charge in [0, 0.05) is 43.2 Å². The molecule has 0 radical (unpaired) electrons. The van der Waals surface area contributed by atoms with Crippen molar-refractivity contribution in [2.45, 2.75) is 5.75 Å². The van der Waals surface area contributed by atoms with E-state index in [0.29, 0.717) is 37.4 Å². The standard InChI is InChI=1S/C21H24FN3O2S/c1-28-15-16-4-2-5-17(12-16)21(27)25-10-8-24(9-11-25)14-20(26)23-19-7-3-6-18(22)13-19/h2-7,12-13H,8-11,14-15H2,1H3,(H,23,26). The second-order valence-electron chi connectivity index (χ2n) is 6.76. The van der Waals surface area contributed by atoms with E-state index in [2.05, 4.69) is 5.32 Å². The molecule has 1 saturated heterocycles. The van der Waals surface area contributed by atoms with Crippen LogP contribution in [0.25, 0.3) is 0 Å². The third-order valence-corrected chi connectivity index (χ3v) is 5.24. The van der Waals surface area contributed by atoms with Crippen LogP contribution in [0.15, 0.2) is 48.5 Å². The Morgan fingerprint density at radius 2 is 1.82 bits per heavy atom. The minimum absolute atomic E-state index is 0.0341. The fourth-order valence-corrected chi connectivity index (χ4v) is 3.74. The molecular weight excluding hydrogens is 377 g/mol. The van der Waals surface area contributed by atoms with Crippen molar-refractivity contribution in [3.05, 3.63) is 65.5 Å². The molecule has 7 heteroatoms. The van der Waals surface area contributed by atoms with E-state index < -0.39 is 0 Å². The van der Waals surface area contributed by atoms with Gasteiger partial charge in [0.2, 0.25) is 5.91 Å². The number of halogens is 1. The molecule has 1 N–H and O–H groups in total. The summed E-state index contributed by atoms with van der Waals surface area (Å²) in [6, 6.07) is 13.6. The van der Waals surface area contributed by atoms with Crippen molar-refractivity contribution in [1.82, 2.24) is 9.80 Å². The summed E-state index contributed by atoms with van der Waals surface area (Å²) in [4.78, 5) is 28.7. The van der Waals surface area contributed by atoms with Crippen LogP contribution >= 0.6 is 11.8 Å². The third kappa shape index (κ3) is 5.56. The van der Waals surface area contributed by atoms with Crippen LogP contribution in [0.4, 0.5) is 10.1 Å². The zero-order valence-corrected chi connectivity index (χ0v) is 16.7. The smallest absolute Gasteiger partial charge is 0.253 e. The molecule has 0 unspecified atom stereocenters. The molecule has 1 heterocycles. The maximum atomic E-state index is 13.2. The average Bonchev–Trinajstić information content (AvgIpc) is 2.68. The largest absolute Gasteiger partial charge is 0.336 e. The lowest BCUT2D eigenvalue weighted by Crippen LogP contribution is -2.50. The van der Waals surface area contributed by atoms with Gasteiger partial charge in [-0.2, -0.15) is 11.8 Å². The fraction of sp³-hybridized carbons (Fsp3) is 0.333. The molecule has 0 aromatic heterocycles. The van der Waals surface area contributed by atoms with E-state index in [9.17, 15) is 14.0 Å². The van der Waals surface area contributed by atoms with Crippen molar-refractivity contribution in [3.63, 3.8) is 0 Å². The SMILES string of the molecule is CSCc1cccc(C(=O)N2CCN(CC(=O)Nc3cccc(F)c3)CC2)c1. The number of hydrogen-bond donors (Lipinski definition) is 1. The molecule has 1 aliphatic heterocycles. The van der Waals surface area contributed by atoms with Crippen LogP contribution in [0.1, 0.15) is 15.9 Å². The van der Waals surface area contributed by atoms with Crippen LogP contribution in [0, 0.1) is 5.82 Å². The normalized spacial score (nSPS) is 14.7. The Morgan fingerprint density at radius 3 is 2.54 bits per heavy atom. The van der Waals surface area contributed by atoms with Gasteiger partial charge in [-0.3, -0.25) is 14.5 Å². The van der Waals surface area contributed by atoms with Gasteiger partial charge in [-0.25, -0.2) is 4.39 Å². The van der Waals surface area contributed by atoms with Crippen molar-refractivity contribution >= 4 is 29.3 Å². The average molecular weight is 402 g/mol. The molecule has 3 rings (SSSR count). The van der Waals surface area contributed by atoms with Gasteiger partial charge >= 0.3 is 0 Å². The lowest BCUT2D eigenvalue weighted by atomic mass is 10.1. The summed E-state index contributed by atoms with van der Waals surface area (Å²) >= 11 is 1.73. The molecule has 0 saturated carbocycles. The number of hydrogen-bond acceptors (Lipinski definition) is 4. The van der Waals surface area contributed by atoms with Crippen LogP contribution in [-0.4, -0.2) is 60.6 Å². The third-order valence-electron chi connectivity index (χ3n) is 4.62. The number of rotatable bonds is 6. The number of piperazine rings is 1. The quantitative estimate of drug-likeness (QED) is 0.808. The molecule has 1 fully saturated rings. The Kier molecular flexibility index (Phi) is 7.06. The number of nitrogens with zero attached hydrogens (tertiary/aromatic N) is 2. The number of thioether (sulfide) groups is 1. The summed E-state index contributed by atoms with van der Waals surface area (Å²) < 4.78 is 13.2. The fourth-order valence-electron chi connectivity index (χ4n) is 3.22. The highest BCUT2D eigenvalue weighted by molar-refractivity contribution is 7.97. The number of nitrogens with one attached hydrogen (secondary N) is 1. The van der Waals surface area contributed by atoms with Gasteiger partial charge in [-0.15, -0.1) is 0 Å². The summed E-state index contributed by atoms with van der Waals surface area (Å²) in [6.45, 7) is 2.65. The molecule has 0 atom stereocenters. The monoisotopic (exact) mass is 401 g/mol. The van der Waals surface area contributed by atoms with Crippen LogP contribution < -0.4 is 5.32 Å².